The molecule has 2 aromatic heterocycles. The van der Waals surface area contributed by atoms with Gasteiger partial charge in [0.2, 0.25) is 5.95 Å². The first-order valence-electron chi connectivity index (χ1n) is 9.18. The fourth-order valence-corrected chi connectivity index (χ4v) is 4.58. The number of fused-ring (bicyclic) bond motifs is 2. The summed E-state index contributed by atoms with van der Waals surface area (Å²) < 4.78 is 17.9. The van der Waals surface area contributed by atoms with Gasteiger partial charge in [0.25, 0.3) is 0 Å². The number of benzene rings is 1. The summed E-state index contributed by atoms with van der Waals surface area (Å²) in [5, 5.41) is 8.01. The highest BCUT2D eigenvalue weighted by Crippen LogP contribution is 2.48. The van der Waals surface area contributed by atoms with Gasteiger partial charge in [-0.1, -0.05) is 6.07 Å². The van der Waals surface area contributed by atoms with E-state index in [1.807, 2.05) is 31.2 Å². The predicted octanol–water partition coefficient (Wildman–Crippen LogP) is 2.48. The molecule has 1 fully saturated rings. The molecule has 5 rings (SSSR count). The number of ether oxygens (including phenoxy) is 1. The second-order valence-electron chi connectivity index (χ2n) is 7.05. The van der Waals surface area contributed by atoms with Gasteiger partial charge in [0.1, 0.15) is 5.75 Å². The minimum absolute atomic E-state index is 0.0332. The van der Waals surface area contributed by atoms with Crippen LogP contribution in [0.1, 0.15) is 12.5 Å². The lowest BCUT2D eigenvalue weighted by Crippen LogP contribution is -2.49. The Morgan fingerprint density at radius 1 is 1.21 bits per heavy atom. The van der Waals surface area contributed by atoms with Gasteiger partial charge in [-0.3, -0.25) is 0 Å². The van der Waals surface area contributed by atoms with E-state index in [9.17, 15) is 4.55 Å². The zero-order chi connectivity index (χ0) is 19.1. The van der Waals surface area contributed by atoms with Crippen molar-refractivity contribution < 1.29 is 9.29 Å². The van der Waals surface area contributed by atoms with Gasteiger partial charge >= 0.3 is 0 Å². The monoisotopic (exact) mass is 393 g/mol. The Hall–Kier alpha value is -2.55. The molecule has 28 heavy (non-hydrogen) atoms. The number of nitrogens with zero attached hydrogens (tertiary/aromatic N) is 5. The molecular formula is C20H19N5O2S. The quantitative estimate of drug-likeness (QED) is 0.629. The van der Waals surface area contributed by atoms with Crippen molar-refractivity contribution in [3.8, 4) is 11.3 Å². The molecule has 2 aliphatic rings. The number of hydrogen-bond donors (Lipinski definition) is 0. The van der Waals surface area contributed by atoms with Gasteiger partial charge in [-0.05, 0) is 41.9 Å². The van der Waals surface area contributed by atoms with Crippen molar-refractivity contribution in [2.45, 2.75) is 17.2 Å². The molecule has 1 saturated heterocycles. The van der Waals surface area contributed by atoms with Crippen molar-refractivity contribution >= 4 is 22.8 Å². The minimum Gasteiger partial charge on any atom is -0.611 e. The van der Waals surface area contributed by atoms with Crippen LogP contribution in [0.5, 0.6) is 0 Å². The summed E-state index contributed by atoms with van der Waals surface area (Å²) in [4.78, 5) is 12.1. The third-order valence-corrected chi connectivity index (χ3v) is 6.63. The molecule has 1 aromatic carbocycles. The molecule has 4 heterocycles. The average Bonchev–Trinajstić information content (AvgIpc) is 3.09. The van der Waals surface area contributed by atoms with Crippen LogP contribution in [0.2, 0.25) is 0 Å². The highest BCUT2D eigenvalue weighted by atomic mass is 32.2. The topological polar surface area (TPSA) is 87.1 Å². The van der Waals surface area contributed by atoms with Crippen LogP contribution < -0.4 is 4.90 Å². The van der Waals surface area contributed by atoms with Gasteiger partial charge in [-0.15, -0.1) is 0 Å². The molecule has 142 valence electrons. The maximum absolute atomic E-state index is 12.3. The zero-order valence-electron chi connectivity index (χ0n) is 15.4. The Labute approximate surface area is 166 Å². The van der Waals surface area contributed by atoms with E-state index in [4.69, 9.17) is 4.74 Å². The van der Waals surface area contributed by atoms with E-state index in [1.165, 1.54) is 5.56 Å². The number of rotatable bonds is 4. The second kappa shape index (κ2) is 6.80. The summed E-state index contributed by atoms with van der Waals surface area (Å²) in [5.41, 5.74) is 3.76. The Kier molecular flexibility index (Phi) is 4.26. The van der Waals surface area contributed by atoms with Crippen molar-refractivity contribution in [2.24, 2.45) is 0 Å². The Morgan fingerprint density at radius 2 is 2.04 bits per heavy atom. The molecule has 0 aliphatic carbocycles. The summed E-state index contributed by atoms with van der Waals surface area (Å²) in [6, 6.07) is 9.79. The molecule has 0 N–H and O–H groups in total. The molecule has 1 spiro atoms. The first kappa shape index (κ1) is 17.5. The SMILES string of the molecule is CC[S+]([O-])c1ccc2c(c1)N(c1ncc(-c3cccnn3)cn1)CC21COC1. The molecule has 8 heteroatoms. The highest BCUT2D eigenvalue weighted by Gasteiger charge is 2.49. The van der Waals surface area contributed by atoms with Crippen molar-refractivity contribution in [3.63, 3.8) is 0 Å². The van der Waals surface area contributed by atoms with Crippen molar-refractivity contribution in [1.29, 1.82) is 0 Å². The standard InChI is InChI=1S/C20H19N5O2S/c1-2-28(26)15-5-6-16-18(8-15)25(11-20(16)12-27-13-20)19-21-9-14(10-22-19)17-4-3-7-23-24-17/h3-10H,2,11-13H2,1H3. The molecule has 7 nitrogen and oxygen atoms in total. The van der Waals surface area contributed by atoms with E-state index >= 15 is 0 Å². The lowest BCUT2D eigenvalue weighted by molar-refractivity contribution is -0.0507. The van der Waals surface area contributed by atoms with Crippen LogP contribution in [-0.2, 0) is 21.3 Å². The van der Waals surface area contributed by atoms with E-state index in [0.717, 1.165) is 28.4 Å². The van der Waals surface area contributed by atoms with E-state index in [1.54, 1.807) is 18.6 Å². The van der Waals surface area contributed by atoms with Crippen LogP contribution >= 0.6 is 0 Å². The molecule has 0 radical (unpaired) electrons. The normalized spacial score (nSPS) is 18.0. The molecule has 0 saturated carbocycles. The van der Waals surface area contributed by atoms with Crippen LogP contribution in [0.15, 0.2) is 53.8 Å². The van der Waals surface area contributed by atoms with Crippen molar-refractivity contribution in [1.82, 2.24) is 20.2 Å². The maximum atomic E-state index is 12.3. The molecule has 0 amide bonds. The summed E-state index contributed by atoms with van der Waals surface area (Å²) in [7, 11) is 0. The van der Waals surface area contributed by atoms with Gasteiger partial charge < -0.3 is 14.2 Å². The van der Waals surface area contributed by atoms with E-state index < -0.39 is 11.2 Å². The average molecular weight is 393 g/mol. The highest BCUT2D eigenvalue weighted by molar-refractivity contribution is 7.91. The molecule has 0 bridgehead atoms. The maximum Gasteiger partial charge on any atom is 0.229 e. The fraction of sp³-hybridized carbons (Fsp3) is 0.300. The zero-order valence-corrected chi connectivity index (χ0v) is 16.2. The molecule has 2 aliphatic heterocycles. The van der Waals surface area contributed by atoms with Crippen LogP contribution in [0.3, 0.4) is 0 Å². The summed E-state index contributed by atoms with van der Waals surface area (Å²) in [6.07, 6.45) is 5.17. The largest absolute Gasteiger partial charge is 0.611 e. The molecule has 3 aromatic rings. The van der Waals surface area contributed by atoms with E-state index in [0.29, 0.717) is 24.9 Å². The Balaban J connectivity index is 1.52. The minimum atomic E-state index is -1.01. The molecule has 1 unspecified atom stereocenters. The van der Waals surface area contributed by atoms with Crippen LogP contribution in [0, 0.1) is 0 Å². The van der Waals surface area contributed by atoms with Gasteiger partial charge in [-0.2, -0.15) is 10.2 Å². The number of anilines is 2. The third kappa shape index (κ3) is 2.76. The van der Waals surface area contributed by atoms with Crippen LogP contribution in [0.4, 0.5) is 11.6 Å². The first-order chi connectivity index (χ1) is 13.7. The summed E-state index contributed by atoms with van der Waals surface area (Å²) >= 11 is -1.01. The smallest absolute Gasteiger partial charge is 0.229 e. The Morgan fingerprint density at radius 3 is 2.68 bits per heavy atom. The van der Waals surface area contributed by atoms with Crippen molar-refractivity contribution in [2.75, 3.05) is 30.4 Å². The van der Waals surface area contributed by atoms with Crippen LogP contribution in [-0.4, -0.2) is 50.2 Å². The first-order valence-corrected chi connectivity index (χ1v) is 10.5. The van der Waals surface area contributed by atoms with Crippen molar-refractivity contribution in [3.05, 3.63) is 54.5 Å². The van der Waals surface area contributed by atoms with E-state index in [-0.39, 0.29) is 5.41 Å². The molecule has 1 atom stereocenters. The predicted molar refractivity (Wildman–Crippen MR) is 106 cm³/mol. The van der Waals surface area contributed by atoms with E-state index in [2.05, 4.69) is 31.1 Å². The number of aromatic nitrogens is 4. The second-order valence-corrected chi connectivity index (χ2v) is 8.79. The summed E-state index contributed by atoms with van der Waals surface area (Å²) in [6.45, 7) is 4.06. The number of hydrogen-bond acceptors (Lipinski definition) is 7. The third-order valence-electron chi connectivity index (χ3n) is 5.32. The Bertz CT molecular complexity index is 995. The lowest BCUT2D eigenvalue weighted by Gasteiger charge is -2.38. The van der Waals surface area contributed by atoms with Gasteiger partial charge in [0.15, 0.2) is 4.90 Å². The van der Waals surface area contributed by atoms with Gasteiger partial charge in [0.05, 0.1) is 30.0 Å². The fourth-order valence-electron chi connectivity index (χ4n) is 3.79. The van der Waals surface area contributed by atoms with Crippen LogP contribution in [0.25, 0.3) is 11.3 Å². The lowest BCUT2D eigenvalue weighted by atomic mass is 9.81. The van der Waals surface area contributed by atoms with Gasteiger partial charge in [-0.25, -0.2) is 9.97 Å². The van der Waals surface area contributed by atoms with Gasteiger partial charge in [0, 0.05) is 36.8 Å². The summed E-state index contributed by atoms with van der Waals surface area (Å²) in [5.74, 6) is 1.22. The molecular weight excluding hydrogens is 374 g/mol.